The number of halogens is 1. The van der Waals surface area contributed by atoms with Crippen LogP contribution in [0.1, 0.15) is 11.1 Å². The fourth-order valence-electron chi connectivity index (χ4n) is 2.41. The van der Waals surface area contributed by atoms with Crippen LogP contribution in [0.2, 0.25) is 0 Å². The molecule has 0 saturated carbocycles. The van der Waals surface area contributed by atoms with E-state index in [9.17, 15) is 4.39 Å². The largest absolute Gasteiger partial charge is 0.497 e. The van der Waals surface area contributed by atoms with Crippen LogP contribution in [-0.2, 0) is 13.1 Å². The molecule has 0 radical (unpaired) electrons. The van der Waals surface area contributed by atoms with Crippen LogP contribution in [0.25, 0.3) is 0 Å². The van der Waals surface area contributed by atoms with E-state index in [1.807, 2.05) is 48.5 Å². The summed E-state index contributed by atoms with van der Waals surface area (Å²) < 4.78 is 23.7. The Labute approximate surface area is 147 Å². The molecule has 3 nitrogen and oxygen atoms in total. The summed E-state index contributed by atoms with van der Waals surface area (Å²) in [6.07, 6.45) is 0. The molecule has 0 aromatic heterocycles. The van der Waals surface area contributed by atoms with E-state index in [1.165, 1.54) is 23.3 Å². The van der Waals surface area contributed by atoms with Gasteiger partial charge in [-0.25, -0.2) is 4.39 Å². The van der Waals surface area contributed by atoms with Crippen LogP contribution in [0.3, 0.4) is 0 Å². The Balaban J connectivity index is 1.49. The van der Waals surface area contributed by atoms with Crippen molar-refractivity contribution >= 4 is 0 Å². The summed E-state index contributed by atoms with van der Waals surface area (Å²) >= 11 is 0. The van der Waals surface area contributed by atoms with Gasteiger partial charge in [-0.05, 0) is 59.7 Å². The maximum absolute atomic E-state index is 12.9. The molecule has 0 aliphatic rings. The molecule has 4 heteroatoms. The van der Waals surface area contributed by atoms with E-state index in [0.717, 1.165) is 24.6 Å². The Morgan fingerprint density at radius 1 is 0.680 bits per heavy atom. The summed E-state index contributed by atoms with van der Waals surface area (Å²) in [6, 6.07) is 21.8. The van der Waals surface area contributed by atoms with Crippen LogP contribution < -0.4 is 14.8 Å². The van der Waals surface area contributed by atoms with Crippen molar-refractivity contribution in [2.24, 2.45) is 0 Å². The van der Waals surface area contributed by atoms with Gasteiger partial charge in [0.1, 0.15) is 23.1 Å². The first-order valence-electron chi connectivity index (χ1n) is 8.09. The molecule has 0 bridgehead atoms. The van der Waals surface area contributed by atoms with Crippen molar-refractivity contribution in [2.45, 2.75) is 13.1 Å². The van der Waals surface area contributed by atoms with Crippen LogP contribution in [-0.4, -0.2) is 7.11 Å². The van der Waals surface area contributed by atoms with Gasteiger partial charge in [0.25, 0.3) is 0 Å². The lowest BCUT2D eigenvalue weighted by atomic mass is 10.2. The maximum atomic E-state index is 12.9. The average Bonchev–Trinajstić information content (AvgIpc) is 2.66. The maximum Gasteiger partial charge on any atom is 0.127 e. The molecule has 0 atom stereocenters. The van der Waals surface area contributed by atoms with Crippen molar-refractivity contribution in [3.05, 3.63) is 89.7 Å². The van der Waals surface area contributed by atoms with Gasteiger partial charge in [-0.3, -0.25) is 0 Å². The first kappa shape index (κ1) is 17.0. The number of hydrogen-bond acceptors (Lipinski definition) is 3. The van der Waals surface area contributed by atoms with Gasteiger partial charge in [0.05, 0.1) is 7.11 Å². The number of nitrogens with one attached hydrogen (secondary N) is 1. The molecule has 1 N–H and O–H groups in total. The number of benzene rings is 3. The van der Waals surface area contributed by atoms with Crippen molar-refractivity contribution in [2.75, 3.05) is 7.11 Å². The highest BCUT2D eigenvalue weighted by Crippen LogP contribution is 2.21. The highest BCUT2D eigenvalue weighted by Gasteiger charge is 2.00. The second-order valence-electron chi connectivity index (χ2n) is 5.65. The molecule has 0 spiro atoms. The molecule has 0 heterocycles. The Bertz CT molecular complexity index is 784. The fourth-order valence-corrected chi connectivity index (χ4v) is 2.41. The fraction of sp³-hybridized carbons (Fsp3) is 0.143. The topological polar surface area (TPSA) is 30.5 Å². The van der Waals surface area contributed by atoms with E-state index in [4.69, 9.17) is 9.47 Å². The van der Waals surface area contributed by atoms with Crippen molar-refractivity contribution in [1.82, 2.24) is 5.32 Å². The number of ether oxygens (including phenoxy) is 2. The average molecular weight is 337 g/mol. The van der Waals surface area contributed by atoms with Gasteiger partial charge in [0, 0.05) is 13.1 Å². The van der Waals surface area contributed by atoms with Crippen LogP contribution in [0.4, 0.5) is 4.39 Å². The van der Waals surface area contributed by atoms with Gasteiger partial charge in [0.15, 0.2) is 0 Å². The summed E-state index contributed by atoms with van der Waals surface area (Å²) in [4.78, 5) is 0. The minimum absolute atomic E-state index is 0.273. The van der Waals surface area contributed by atoms with Gasteiger partial charge in [-0.1, -0.05) is 24.3 Å². The van der Waals surface area contributed by atoms with Crippen molar-refractivity contribution in [3.63, 3.8) is 0 Å². The van der Waals surface area contributed by atoms with Gasteiger partial charge < -0.3 is 14.8 Å². The molecule has 128 valence electrons. The first-order chi connectivity index (χ1) is 12.2. The zero-order chi connectivity index (χ0) is 17.5. The molecule has 0 aliphatic carbocycles. The molecule has 0 amide bonds. The lowest BCUT2D eigenvalue weighted by Gasteiger charge is -2.08. The summed E-state index contributed by atoms with van der Waals surface area (Å²) in [6.45, 7) is 1.56. The third kappa shape index (κ3) is 5.06. The molecule has 3 aromatic carbocycles. The summed E-state index contributed by atoms with van der Waals surface area (Å²) in [5.74, 6) is 1.93. The zero-order valence-corrected chi connectivity index (χ0v) is 14.0. The van der Waals surface area contributed by atoms with Crippen molar-refractivity contribution in [3.8, 4) is 17.2 Å². The monoisotopic (exact) mass is 337 g/mol. The molecule has 0 fully saturated rings. The lowest BCUT2D eigenvalue weighted by Crippen LogP contribution is -2.12. The van der Waals surface area contributed by atoms with E-state index >= 15 is 0 Å². The van der Waals surface area contributed by atoms with E-state index in [2.05, 4.69) is 5.32 Å². The molecular formula is C21H20FNO2. The summed E-state index contributed by atoms with van der Waals surface area (Å²) in [5.41, 5.74) is 2.37. The minimum Gasteiger partial charge on any atom is -0.497 e. The Hall–Kier alpha value is -2.85. The van der Waals surface area contributed by atoms with Crippen LogP contribution in [0.5, 0.6) is 17.2 Å². The summed E-state index contributed by atoms with van der Waals surface area (Å²) in [7, 11) is 1.66. The highest BCUT2D eigenvalue weighted by atomic mass is 19.1. The Kier molecular flexibility index (Phi) is 5.65. The molecule has 0 aliphatic heterocycles. The van der Waals surface area contributed by atoms with Gasteiger partial charge in [0.2, 0.25) is 0 Å². The normalized spacial score (nSPS) is 10.5. The predicted octanol–water partition coefficient (Wildman–Crippen LogP) is 4.92. The molecular weight excluding hydrogens is 317 g/mol. The van der Waals surface area contributed by atoms with E-state index in [-0.39, 0.29) is 5.82 Å². The first-order valence-corrected chi connectivity index (χ1v) is 8.09. The second-order valence-corrected chi connectivity index (χ2v) is 5.65. The number of rotatable bonds is 7. The van der Waals surface area contributed by atoms with E-state index < -0.39 is 0 Å². The third-order valence-corrected chi connectivity index (χ3v) is 3.79. The molecule has 0 saturated heterocycles. The molecule has 0 unspecified atom stereocenters. The molecule has 25 heavy (non-hydrogen) atoms. The third-order valence-electron chi connectivity index (χ3n) is 3.79. The summed E-state index contributed by atoms with van der Waals surface area (Å²) in [5, 5.41) is 3.41. The van der Waals surface area contributed by atoms with Crippen molar-refractivity contribution < 1.29 is 13.9 Å². The second kappa shape index (κ2) is 8.31. The van der Waals surface area contributed by atoms with Gasteiger partial charge in [-0.15, -0.1) is 0 Å². The van der Waals surface area contributed by atoms with Crippen LogP contribution in [0, 0.1) is 5.82 Å². The van der Waals surface area contributed by atoms with E-state index in [0.29, 0.717) is 5.75 Å². The SMILES string of the molecule is COc1ccc(CNCc2ccc(Oc3ccc(F)cc3)cc2)cc1. The zero-order valence-electron chi connectivity index (χ0n) is 14.0. The Morgan fingerprint density at radius 3 is 1.60 bits per heavy atom. The lowest BCUT2D eigenvalue weighted by molar-refractivity contribution is 0.414. The highest BCUT2D eigenvalue weighted by molar-refractivity contribution is 5.33. The molecule has 3 aromatic rings. The van der Waals surface area contributed by atoms with Gasteiger partial charge >= 0.3 is 0 Å². The number of hydrogen-bond donors (Lipinski definition) is 1. The predicted molar refractivity (Wildman–Crippen MR) is 96.5 cm³/mol. The van der Waals surface area contributed by atoms with Crippen LogP contribution in [0.15, 0.2) is 72.8 Å². The van der Waals surface area contributed by atoms with Crippen LogP contribution >= 0.6 is 0 Å². The minimum atomic E-state index is -0.273. The standard InChI is InChI=1S/C21H20FNO2/c1-24-19-8-2-16(3-9-19)14-23-15-17-4-10-20(11-5-17)25-21-12-6-18(22)7-13-21/h2-13,23H,14-15H2,1H3. The Morgan fingerprint density at radius 2 is 1.12 bits per heavy atom. The van der Waals surface area contributed by atoms with E-state index in [1.54, 1.807) is 19.2 Å². The van der Waals surface area contributed by atoms with Crippen molar-refractivity contribution in [1.29, 1.82) is 0 Å². The molecule has 3 rings (SSSR count). The number of methoxy groups -OCH3 is 1. The quantitative estimate of drug-likeness (QED) is 0.664. The van der Waals surface area contributed by atoms with Gasteiger partial charge in [-0.2, -0.15) is 0 Å². The smallest absolute Gasteiger partial charge is 0.127 e.